The molecule has 6 nitrogen and oxygen atoms in total. The molecule has 1 saturated heterocycles. The summed E-state index contributed by atoms with van der Waals surface area (Å²) < 4.78 is 5.45. The number of aromatic nitrogens is 2. The molecule has 1 aliphatic rings. The Bertz CT molecular complexity index is 1040. The van der Waals surface area contributed by atoms with E-state index in [0.29, 0.717) is 5.56 Å². The van der Waals surface area contributed by atoms with E-state index in [1.54, 1.807) is 6.07 Å². The summed E-state index contributed by atoms with van der Waals surface area (Å²) >= 11 is 0. The number of fused-ring (bicyclic) bond motifs is 1. The van der Waals surface area contributed by atoms with Gasteiger partial charge in [-0.05, 0) is 30.7 Å². The van der Waals surface area contributed by atoms with Crippen molar-refractivity contribution in [2.24, 2.45) is 0 Å². The minimum absolute atomic E-state index is 0.608. The van der Waals surface area contributed by atoms with Crippen LogP contribution in [0.5, 0.6) is 0 Å². The minimum Gasteiger partial charge on any atom is -0.378 e. The second kappa shape index (κ2) is 7.14. The van der Waals surface area contributed by atoms with Gasteiger partial charge in [-0.3, -0.25) is 0 Å². The molecule has 0 spiro atoms. The summed E-state index contributed by atoms with van der Waals surface area (Å²) in [6, 6.07) is 9.52. The van der Waals surface area contributed by atoms with E-state index in [1.165, 1.54) is 0 Å². The van der Waals surface area contributed by atoms with Crippen molar-refractivity contribution in [2.45, 2.75) is 6.92 Å². The molecule has 1 fully saturated rings. The van der Waals surface area contributed by atoms with Gasteiger partial charge in [0.25, 0.3) is 0 Å². The number of benzene rings is 1. The van der Waals surface area contributed by atoms with Crippen LogP contribution in [0, 0.1) is 18.3 Å². The number of aromatic amines is 1. The van der Waals surface area contributed by atoms with Gasteiger partial charge in [0.15, 0.2) is 5.82 Å². The number of morpholine rings is 1. The first-order valence-corrected chi connectivity index (χ1v) is 8.93. The largest absolute Gasteiger partial charge is 0.378 e. The van der Waals surface area contributed by atoms with Gasteiger partial charge in [0, 0.05) is 47.8 Å². The van der Waals surface area contributed by atoms with Crippen LogP contribution in [-0.2, 0) is 4.74 Å². The molecule has 6 heteroatoms. The average molecular weight is 359 g/mol. The van der Waals surface area contributed by atoms with E-state index in [0.717, 1.165) is 65.5 Å². The van der Waals surface area contributed by atoms with Crippen LogP contribution in [-0.4, -0.2) is 41.2 Å². The number of anilines is 2. The molecular formula is C21H21N5O. The van der Waals surface area contributed by atoms with Crippen LogP contribution in [0.25, 0.3) is 16.6 Å². The van der Waals surface area contributed by atoms with Crippen molar-refractivity contribution in [3.63, 3.8) is 0 Å². The van der Waals surface area contributed by atoms with Crippen molar-refractivity contribution in [3.8, 4) is 6.07 Å². The maximum Gasteiger partial charge on any atom is 0.154 e. The molecule has 2 N–H and O–H groups in total. The molecule has 0 bridgehead atoms. The fourth-order valence-electron chi connectivity index (χ4n) is 3.43. The zero-order valence-corrected chi connectivity index (χ0v) is 15.2. The average Bonchev–Trinajstić information content (AvgIpc) is 3.11. The van der Waals surface area contributed by atoms with Crippen molar-refractivity contribution in [3.05, 3.63) is 59.9 Å². The molecule has 0 saturated carbocycles. The molecule has 2 aromatic heterocycles. The van der Waals surface area contributed by atoms with Crippen LogP contribution >= 0.6 is 0 Å². The predicted octanol–water partition coefficient (Wildman–Crippen LogP) is 3.79. The molecule has 136 valence electrons. The van der Waals surface area contributed by atoms with Crippen molar-refractivity contribution in [1.29, 1.82) is 5.26 Å². The van der Waals surface area contributed by atoms with Gasteiger partial charge in [0.2, 0.25) is 0 Å². The number of rotatable bonds is 4. The standard InChI is InChI=1S/C21H21N5O/c1-14-12-23-20-19(14)18(15(2)26-6-8-27-9-7-26)13-24-21(20)25-17-5-3-4-16(10-17)11-22/h3-5,10,12-13,23H,2,6-9H2,1H3,(H,24,25). The van der Waals surface area contributed by atoms with Crippen LogP contribution in [0.2, 0.25) is 0 Å². The number of ether oxygens (including phenoxy) is 1. The van der Waals surface area contributed by atoms with Gasteiger partial charge >= 0.3 is 0 Å². The van der Waals surface area contributed by atoms with E-state index in [-0.39, 0.29) is 0 Å². The molecule has 0 amide bonds. The number of hydrogen-bond donors (Lipinski definition) is 2. The highest BCUT2D eigenvalue weighted by Gasteiger charge is 2.19. The Morgan fingerprint density at radius 1 is 1.37 bits per heavy atom. The van der Waals surface area contributed by atoms with Gasteiger partial charge in [0.05, 0.1) is 30.4 Å². The third-order valence-electron chi connectivity index (χ3n) is 4.86. The van der Waals surface area contributed by atoms with Gasteiger partial charge in [-0.2, -0.15) is 5.26 Å². The number of nitrogens with one attached hydrogen (secondary N) is 2. The lowest BCUT2D eigenvalue weighted by Gasteiger charge is -2.30. The predicted molar refractivity (Wildman–Crippen MR) is 107 cm³/mol. The number of aryl methyl sites for hydroxylation is 1. The van der Waals surface area contributed by atoms with E-state index >= 15 is 0 Å². The maximum atomic E-state index is 9.10. The van der Waals surface area contributed by atoms with Crippen molar-refractivity contribution in [1.82, 2.24) is 14.9 Å². The fourth-order valence-corrected chi connectivity index (χ4v) is 3.43. The topological polar surface area (TPSA) is 77.0 Å². The van der Waals surface area contributed by atoms with Gasteiger partial charge in [-0.25, -0.2) is 4.98 Å². The Kier molecular flexibility index (Phi) is 4.53. The smallest absolute Gasteiger partial charge is 0.154 e. The Morgan fingerprint density at radius 3 is 2.96 bits per heavy atom. The summed E-state index contributed by atoms with van der Waals surface area (Å²) in [6.07, 6.45) is 3.86. The maximum absolute atomic E-state index is 9.10. The summed E-state index contributed by atoms with van der Waals surface area (Å²) in [5, 5.41) is 13.5. The van der Waals surface area contributed by atoms with Crippen LogP contribution in [0.1, 0.15) is 16.7 Å². The number of nitrogens with zero attached hydrogens (tertiary/aromatic N) is 3. The molecule has 4 rings (SSSR count). The van der Waals surface area contributed by atoms with Gasteiger partial charge < -0.3 is 19.9 Å². The minimum atomic E-state index is 0.608. The number of pyridine rings is 1. The normalized spacial score (nSPS) is 14.1. The van der Waals surface area contributed by atoms with Gasteiger partial charge in [0.1, 0.15) is 0 Å². The van der Waals surface area contributed by atoms with Crippen molar-refractivity contribution in [2.75, 3.05) is 31.6 Å². The molecule has 27 heavy (non-hydrogen) atoms. The summed E-state index contributed by atoms with van der Waals surface area (Å²) in [5.41, 5.74) is 5.51. The zero-order chi connectivity index (χ0) is 18.8. The SMILES string of the molecule is C=C(c1cnc(Nc2cccc(C#N)c2)c2[nH]cc(C)c12)N1CCOCC1. The zero-order valence-electron chi connectivity index (χ0n) is 15.2. The van der Waals surface area contributed by atoms with E-state index in [9.17, 15) is 0 Å². The molecule has 0 aliphatic carbocycles. The molecule has 3 heterocycles. The molecule has 1 aromatic carbocycles. The molecule has 0 radical (unpaired) electrons. The number of nitriles is 1. The lowest BCUT2D eigenvalue weighted by atomic mass is 10.1. The molecular weight excluding hydrogens is 338 g/mol. The first kappa shape index (κ1) is 17.1. The summed E-state index contributed by atoms with van der Waals surface area (Å²) in [6.45, 7) is 9.51. The summed E-state index contributed by atoms with van der Waals surface area (Å²) in [5.74, 6) is 0.728. The van der Waals surface area contributed by atoms with Crippen LogP contribution < -0.4 is 5.32 Å². The molecule has 0 unspecified atom stereocenters. The fraction of sp³-hybridized carbons (Fsp3) is 0.238. The quantitative estimate of drug-likeness (QED) is 0.741. The summed E-state index contributed by atoms with van der Waals surface area (Å²) in [7, 11) is 0. The first-order chi connectivity index (χ1) is 13.2. The van der Waals surface area contributed by atoms with Crippen molar-refractivity contribution >= 4 is 28.1 Å². The van der Waals surface area contributed by atoms with Gasteiger partial charge in [-0.1, -0.05) is 12.6 Å². The Labute approximate surface area is 158 Å². The molecule has 3 aromatic rings. The van der Waals surface area contributed by atoms with Crippen LogP contribution in [0.4, 0.5) is 11.5 Å². The Morgan fingerprint density at radius 2 is 2.19 bits per heavy atom. The Balaban J connectivity index is 1.72. The lowest BCUT2D eigenvalue weighted by Crippen LogP contribution is -2.34. The molecule has 0 atom stereocenters. The van der Waals surface area contributed by atoms with Crippen LogP contribution in [0.3, 0.4) is 0 Å². The number of H-pyrrole nitrogens is 1. The highest BCUT2D eigenvalue weighted by molar-refractivity contribution is 5.99. The third kappa shape index (κ3) is 3.25. The Hall–Kier alpha value is -3.30. The monoisotopic (exact) mass is 359 g/mol. The molecule has 1 aliphatic heterocycles. The highest BCUT2D eigenvalue weighted by Crippen LogP contribution is 2.33. The van der Waals surface area contributed by atoms with Crippen LogP contribution in [0.15, 0.2) is 43.2 Å². The number of hydrogen-bond acceptors (Lipinski definition) is 5. The third-order valence-corrected chi connectivity index (χ3v) is 4.86. The van der Waals surface area contributed by atoms with Crippen molar-refractivity contribution < 1.29 is 4.74 Å². The summed E-state index contributed by atoms with van der Waals surface area (Å²) in [4.78, 5) is 10.2. The highest BCUT2D eigenvalue weighted by atomic mass is 16.5. The first-order valence-electron chi connectivity index (χ1n) is 8.93. The van der Waals surface area contributed by atoms with E-state index in [4.69, 9.17) is 10.00 Å². The van der Waals surface area contributed by atoms with E-state index < -0.39 is 0 Å². The van der Waals surface area contributed by atoms with E-state index in [2.05, 4.69) is 39.8 Å². The lowest BCUT2D eigenvalue weighted by molar-refractivity contribution is 0.0641. The second-order valence-electron chi connectivity index (χ2n) is 6.61. The van der Waals surface area contributed by atoms with E-state index in [1.807, 2.05) is 30.6 Å². The second-order valence-corrected chi connectivity index (χ2v) is 6.61. The van der Waals surface area contributed by atoms with Gasteiger partial charge in [-0.15, -0.1) is 0 Å².